The lowest BCUT2D eigenvalue weighted by Crippen LogP contribution is -2.31. The summed E-state index contributed by atoms with van der Waals surface area (Å²) in [5, 5.41) is 9.52. The third-order valence-electron chi connectivity index (χ3n) is 5.65. The van der Waals surface area contributed by atoms with Crippen LogP contribution in [-0.2, 0) is 36.7 Å². The first-order valence-corrected chi connectivity index (χ1v) is 11.3. The third-order valence-corrected chi connectivity index (χ3v) is 8.20. The number of carbonyl (C=O) groups is 1. The van der Waals surface area contributed by atoms with Gasteiger partial charge in [-0.3, -0.25) is 9.36 Å². The molecule has 0 atom stereocenters. The van der Waals surface area contributed by atoms with Gasteiger partial charge in [0.05, 0.1) is 0 Å². The number of rotatable bonds is 6. The fourth-order valence-electron chi connectivity index (χ4n) is 3.71. The van der Waals surface area contributed by atoms with Crippen LogP contribution in [0.2, 0.25) is 0 Å². The average Bonchev–Trinajstić information content (AvgIpc) is 2.65. The van der Waals surface area contributed by atoms with Crippen LogP contribution in [0.1, 0.15) is 69.7 Å². The SMILES string of the molecule is COP(=O)(OC)C(C)(C)C(=O)/C=C/c1cc(C(C)(C)C)c(O)c2c1CCCC2. The van der Waals surface area contributed by atoms with Gasteiger partial charge in [0.15, 0.2) is 5.78 Å². The van der Waals surface area contributed by atoms with Crippen molar-refractivity contribution in [3.63, 3.8) is 0 Å². The molecule has 0 bridgehead atoms. The van der Waals surface area contributed by atoms with Gasteiger partial charge in [-0.1, -0.05) is 26.8 Å². The van der Waals surface area contributed by atoms with E-state index in [0.717, 1.165) is 47.9 Å². The van der Waals surface area contributed by atoms with Crippen molar-refractivity contribution in [1.82, 2.24) is 0 Å². The molecule has 0 amide bonds. The summed E-state index contributed by atoms with van der Waals surface area (Å²) in [4.78, 5) is 12.9. The Morgan fingerprint density at radius 1 is 1.07 bits per heavy atom. The van der Waals surface area contributed by atoms with Gasteiger partial charge in [0.2, 0.25) is 0 Å². The molecule has 156 valence electrons. The number of ketones is 1. The van der Waals surface area contributed by atoms with E-state index in [0.29, 0.717) is 5.75 Å². The van der Waals surface area contributed by atoms with E-state index in [-0.39, 0.29) is 11.2 Å². The zero-order chi connectivity index (χ0) is 21.3. The number of phenols is 1. The molecule has 0 radical (unpaired) electrons. The molecule has 0 fully saturated rings. The lowest BCUT2D eigenvalue weighted by Gasteiger charge is -2.29. The highest BCUT2D eigenvalue weighted by Gasteiger charge is 2.47. The van der Waals surface area contributed by atoms with E-state index in [1.807, 2.05) is 6.07 Å². The van der Waals surface area contributed by atoms with Crippen molar-refractivity contribution in [1.29, 1.82) is 0 Å². The summed E-state index contributed by atoms with van der Waals surface area (Å²) in [6.07, 6.45) is 7.06. The molecule has 28 heavy (non-hydrogen) atoms. The highest BCUT2D eigenvalue weighted by molar-refractivity contribution is 7.56. The Bertz CT molecular complexity index is 822. The molecule has 0 heterocycles. The highest BCUT2D eigenvalue weighted by atomic mass is 31.2. The lowest BCUT2D eigenvalue weighted by atomic mass is 9.78. The number of aromatic hydroxyl groups is 1. The Hall–Kier alpha value is -1.42. The second-order valence-corrected chi connectivity index (χ2v) is 11.7. The number of carbonyl (C=O) groups excluding carboxylic acids is 1. The molecule has 0 aliphatic heterocycles. The summed E-state index contributed by atoms with van der Waals surface area (Å²) in [5.41, 5.74) is 3.68. The molecule has 5 nitrogen and oxygen atoms in total. The molecule has 1 aliphatic rings. The van der Waals surface area contributed by atoms with Gasteiger partial charge < -0.3 is 14.2 Å². The molecule has 6 heteroatoms. The maximum atomic E-state index is 12.9. The molecule has 1 N–H and O–H groups in total. The van der Waals surface area contributed by atoms with E-state index in [2.05, 4.69) is 20.8 Å². The predicted octanol–water partition coefficient (Wildman–Crippen LogP) is 5.42. The van der Waals surface area contributed by atoms with Crippen molar-refractivity contribution in [3.05, 3.63) is 34.4 Å². The first-order chi connectivity index (χ1) is 12.9. The summed E-state index contributed by atoms with van der Waals surface area (Å²) in [7, 11) is -0.996. The van der Waals surface area contributed by atoms with Gasteiger partial charge in [-0.25, -0.2) is 0 Å². The van der Waals surface area contributed by atoms with Gasteiger partial charge in [0.1, 0.15) is 10.9 Å². The average molecular weight is 408 g/mol. The van der Waals surface area contributed by atoms with E-state index in [1.54, 1.807) is 19.9 Å². The van der Waals surface area contributed by atoms with Crippen LogP contribution in [0.4, 0.5) is 0 Å². The second kappa shape index (κ2) is 8.14. The van der Waals surface area contributed by atoms with E-state index < -0.39 is 12.8 Å². The second-order valence-electron chi connectivity index (χ2n) is 8.90. The first-order valence-electron chi connectivity index (χ1n) is 9.71. The van der Waals surface area contributed by atoms with E-state index in [1.165, 1.54) is 20.3 Å². The Balaban J connectivity index is 2.51. The Morgan fingerprint density at radius 2 is 1.61 bits per heavy atom. The number of hydrogen-bond acceptors (Lipinski definition) is 5. The van der Waals surface area contributed by atoms with E-state index in [4.69, 9.17) is 9.05 Å². The lowest BCUT2D eigenvalue weighted by molar-refractivity contribution is -0.116. The van der Waals surface area contributed by atoms with Gasteiger partial charge in [-0.2, -0.15) is 0 Å². The standard InChI is InChI=1S/C22H33O5P/c1-21(2,3)18-14-15(16-10-8-9-11-17(16)20(18)24)12-13-19(23)22(4,5)28(25,26-6)27-7/h12-14,24H,8-11H2,1-7H3/b13-12+. The van der Waals surface area contributed by atoms with Crippen LogP contribution >= 0.6 is 7.60 Å². The minimum absolute atomic E-state index is 0.218. The van der Waals surface area contributed by atoms with E-state index >= 15 is 0 Å². The smallest absolute Gasteiger partial charge is 0.343 e. The van der Waals surface area contributed by atoms with Crippen molar-refractivity contribution in [2.75, 3.05) is 14.2 Å². The normalized spacial score (nSPS) is 15.7. The monoisotopic (exact) mass is 408 g/mol. The van der Waals surface area contributed by atoms with Gasteiger partial charge in [-0.15, -0.1) is 0 Å². The summed E-state index contributed by atoms with van der Waals surface area (Å²) in [5.74, 6) is 0.0590. The Morgan fingerprint density at radius 3 is 2.11 bits per heavy atom. The molecule has 0 aromatic heterocycles. The van der Waals surface area contributed by atoms with Crippen molar-refractivity contribution >= 4 is 19.5 Å². The molecule has 0 saturated heterocycles. The quantitative estimate of drug-likeness (QED) is 0.503. The Labute approximate surface area is 168 Å². The molecular weight excluding hydrogens is 375 g/mol. The molecule has 0 unspecified atom stereocenters. The van der Waals surface area contributed by atoms with E-state index in [9.17, 15) is 14.5 Å². The first kappa shape index (κ1) is 22.9. The molecular formula is C22H33O5P. The number of allylic oxidation sites excluding steroid dienone is 1. The minimum atomic E-state index is -3.57. The molecule has 1 aromatic carbocycles. The van der Waals surface area contributed by atoms with Gasteiger partial charge >= 0.3 is 7.60 Å². The largest absolute Gasteiger partial charge is 0.507 e. The fourth-order valence-corrected chi connectivity index (χ4v) is 5.12. The van der Waals surface area contributed by atoms with Crippen LogP contribution in [0.5, 0.6) is 5.75 Å². The summed E-state index contributed by atoms with van der Waals surface area (Å²) in [6.45, 7) is 9.33. The van der Waals surface area contributed by atoms with Gasteiger partial charge in [0.25, 0.3) is 0 Å². The van der Waals surface area contributed by atoms with Crippen molar-refractivity contribution < 1.29 is 23.5 Å². The minimum Gasteiger partial charge on any atom is -0.507 e. The predicted molar refractivity (Wildman–Crippen MR) is 113 cm³/mol. The third kappa shape index (κ3) is 4.12. The highest BCUT2D eigenvalue weighted by Crippen LogP contribution is 2.59. The molecule has 2 rings (SSSR count). The van der Waals surface area contributed by atoms with Crippen LogP contribution in [0.3, 0.4) is 0 Å². The Kier molecular flexibility index (Phi) is 6.65. The molecule has 0 spiro atoms. The zero-order valence-electron chi connectivity index (χ0n) is 18.1. The summed E-state index contributed by atoms with van der Waals surface area (Å²) >= 11 is 0. The maximum Gasteiger partial charge on any atom is 0.343 e. The fraction of sp³-hybridized carbons (Fsp3) is 0.591. The number of benzene rings is 1. The molecule has 0 saturated carbocycles. The van der Waals surface area contributed by atoms with Crippen LogP contribution < -0.4 is 0 Å². The summed E-state index contributed by atoms with van der Waals surface area (Å²) < 4.78 is 22.8. The van der Waals surface area contributed by atoms with Crippen molar-refractivity contribution in [2.24, 2.45) is 0 Å². The number of fused-ring (bicyclic) bond motifs is 1. The van der Waals surface area contributed by atoms with Crippen LogP contribution in [0, 0.1) is 0 Å². The van der Waals surface area contributed by atoms with Crippen LogP contribution in [0.15, 0.2) is 12.1 Å². The zero-order valence-corrected chi connectivity index (χ0v) is 19.0. The van der Waals surface area contributed by atoms with Gasteiger partial charge in [-0.05, 0) is 73.8 Å². The van der Waals surface area contributed by atoms with Crippen molar-refractivity contribution in [3.8, 4) is 5.75 Å². The number of hydrogen-bond donors (Lipinski definition) is 1. The maximum absolute atomic E-state index is 12.9. The number of phenolic OH excluding ortho intramolecular Hbond substituents is 1. The van der Waals surface area contributed by atoms with Crippen LogP contribution in [0.25, 0.3) is 6.08 Å². The van der Waals surface area contributed by atoms with Crippen molar-refractivity contribution in [2.45, 2.75) is 70.9 Å². The topological polar surface area (TPSA) is 72.8 Å². The molecule has 1 aromatic rings. The van der Waals surface area contributed by atoms with Gasteiger partial charge in [0, 0.05) is 19.8 Å². The molecule has 1 aliphatic carbocycles. The van der Waals surface area contributed by atoms with Crippen LogP contribution in [-0.4, -0.2) is 30.3 Å². The summed E-state index contributed by atoms with van der Waals surface area (Å²) in [6, 6.07) is 1.97.